The summed E-state index contributed by atoms with van der Waals surface area (Å²) in [5.74, 6) is 1.44. The normalized spacial score (nSPS) is 12.1. The molecule has 1 atom stereocenters. The van der Waals surface area contributed by atoms with E-state index in [1.165, 1.54) is 5.56 Å². The largest absolute Gasteiger partial charge is 0.491 e. The smallest absolute Gasteiger partial charge is 0.171 e. The maximum Gasteiger partial charge on any atom is 0.171 e. The molecule has 0 saturated carbocycles. The van der Waals surface area contributed by atoms with Crippen LogP contribution in [0.2, 0.25) is 0 Å². The van der Waals surface area contributed by atoms with Gasteiger partial charge in [-0.2, -0.15) is 0 Å². The summed E-state index contributed by atoms with van der Waals surface area (Å²) in [5, 5.41) is 7.34. The fraction of sp³-hybridized carbons (Fsp3) is 0.381. The second-order valence-corrected chi connectivity index (χ2v) is 7.29. The lowest BCUT2D eigenvalue weighted by Gasteiger charge is -2.23. The highest BCUT2D eigenvalue weighted by molar-refractivity contribution is 7.80. The van der Waals surface area contributed by atoms with Gasteiger partial charge in [0.15, 0.2) is 5.11 Å². The van der Waals surface area contributed by atoms with E-state index in [0.717, 1.165) is 17.9 Å². The van der Waals surface area contributed by atoms with Crippen LogP contribution in [0.5, 0.6) is 5.75 Å². The summed E-state index contributed by atoms with van der Waals surface area (Å²) >= 11 is 5.51. The molecule has 0 fully saturated rings. The number of anilines is 1. The van der Waals surface area contributed by atoms with Gasteiger partial charge in [-0.05, 0) is 68.2 Å². The van der Waals surface area contributed by atoms with Crippen LogP contribution in [-0.2, 0) is 0 Å². The lowest BCUT2D eigenvalue weighted by molar-refractivity contribution is 0.242. The van der Waals surface area contributed by atoms with Gasteiger partial charge in [0, 0.05) is 5.69 Å². The molecule has 0 amide bonds. The molecule has 2 N–H and O–H groups in total. The lowest BCUT2D eigenvalue weighted by atomic mass is 9.97. The topological polar surface area (TPSA) is 33.3 Å². The van der Waals surface area contributed by atoms with Gasteiger partial charge in [-0.1, -0.05) is 44.2 Å². The second-order valence-electron chi connectivity index (χ2n) is 6.88. The van der Waals surface area contributed by atoms with Gasteiger partial charge in [0.1, 0.15) is 5.75 Å². The van der Waals surface area contributed by atoms with Gasteiger partial charge in [0.2, 0.25) is 0 Å². The number of hydrogen-bond donors (Lipinski definition) is 2. The summed E-state index contributed by atoms with van der Waals surface area (Å²) in [7, 11) is 0. The molecule has 0 heterocycles. The Kier molecular flexibility index (Phi) is 7.26. The van der Waals surface area contributed by atoms with Crippen molar-refractivity contribution in [2.75, 3.05) is 5.32 Å². The first-order valence-corrected chi connectivity index (χ1v) is 9.24. The Hall–Kier alpha value is -2.07. The molecule has 134 valence electrons. The Morgan fingerprint density at radius 2 is 1.60 bits per heavy atom. The fourth-order valence-corrected chi connectivity index (χ4v) is 2.91. The first-order valence-electron chi connectivity index (χ1n) is 8.83. The van der Waals surface area contributed by atoms with Crippen molar-refractivity contribution < 1.29 is 4.74 Å². The average Bonchev–Trinajstić information content (AvgIpc) is 2.56. The van der Waals surface area contributed by atoms with Crippen LogP contribution >= 0.6 is 12.2 Å². The van der Waals surface area contributed by atoms with Gasteiger partial charge in [-0.15, -0.1) is 0 Å². The van der Waals surface area contributed by atoms with Crippen LogP contribution < -0.4 is 15.4 Å². The summed E-state index contributed by atoms with van der Waals surface area (Å²) in [6, 6.07) is 18.5. The minimum atomic E-state index is 0.171. The van der Waals surface area contributed by atoms with Gasteiger partial charge < -0.3 is 15.4 Å². The maximum absolute atomic E-state index is 5.66. The van der Waals surface area contributed by atoms with Crippen LogP contribution in [0.1, 0.15) is 45.7 Å². The first kappa shape index (κ1) is 19.3. The predicted octanol–water partition coefficient (Wildman–Crippen LogP) is 5.55. The van der Waals surface area contributed by atoms with Crippen molar-refractivity contribution in [3.05, 3.63) is 60.2 Å². The van der Waals surface area contributed by atoms with E-state index < -0.39 is 0 Å². The van der Waals surface area contributed by atoms with Crippen molar-refractivity contribution in [2.24, 2.45) is 5.92 Å². The van der Waals surface area contributed by atoms with E-state index in [1.807, 2.05) is 44.2 Å². The van der Waals surface area contributed by atoms with Gasteiger partial charge >= 0.3 is 0 Å². The molecular formula is C21H28N2OS. The Balaban J connectivity index is 1.98. The number of benzene rings is 2. The molecule has 0 unspecified atom stereocenters. The Bertz CT molecular complexity index is 653. The maximum atomic E-state index is 5.66. The summed E-state index contributed by atoms with van der Waals surface area (Å²) < 4.78 is 5.66. The summed E-state index contributed by atoms with van der Waals surface area (Å²) in [6.45, 7) is 8.48. The summed E-state index contributed by atoms with van der Waals surface area (Å²) in [5.41, 5.74) is 2.20. The number of thiocarbonyl (C=S) groups is 1. The van der Waals surface area contributed by atoms with E-state index in [4.69, 9.17) is 17.0 Å². The van der Waals surface area contributed by atoms with Crippen molar-refractivity contribution in [2.45, 2.75) is 46.3 Å². The van der Waals surface area contributed by atoms with Crippen molar-refractivity contribution in [3.8, 4) is 5.75 Å². The minimum absolute atomic E-state index is 0.171. The summed E-state index contributed by atoms with van der Waals surface area (Å²) in [4.78, 5) is 0. The molecule has 2 rings (SSSR count). The van der Waals surface area contributed by atoms with E-state index in [2.05, 4.69) is 48.7 Å². The highest BCUT2D eigenvalue weighted by Gasteiger charge is 2.14. The van der Waals surface area contributed by atoms with Crippen LogP contribution in [0.3, 0.4) is 0 Å². The van der Waals surface area contributed by atoms with Gasteiger partial charge in [-0.3, -0.25) is 0 Å². The molecule has 0 spiro atoms. The van der Waals surface area contributed by atoms with E-state index in [1.54, 1.807) is 0 Å². The molecule has 0 aliphatic rings. The molecule has 0 aliphatic carbocycles. The molecule has 0 bridgehead atoms. The van der Waals surface area contributed by atoms with Crippen molar-refractivity contribution in [3.63, 3.8) is 0 Å². The zero-order valence-corrected chi connectivity index (χ0v) is 16.3. The number of ether oxygens (including phenoxy) is 1. The van der Waals surface area contributed by atoms with E-state index >= 15 is 0 Å². The van der Waals surface area contributed by atoms with Crippen LogP contribution in [0.15, 0.2) is 54.6 Å². The Morgan fingerprint density at radius 3 is 2.16 bits per heavy atom. The standard InChI is InChI=1S/C21H28N2OS/c1-15(2)14-20(17-8-6-5-7-9-17)23-21(25)22-18-10-12-19(13-11-18)24-16(3)4/h5-13,15-16,20H,14H2,1-4H3,(H2,22,23,25)/t20-/m1/s1. The average molecular weight is 357 g/mol. The molecule has 3 nitrogen and oxygen atoms in total. The van der Waals surface area contributed by atoms with Crippen molar-refractivity contribution >= 4 is 23.0 Å². The van der Waals surface area contributed by atoms with E-state index in [-0.39, 0.29) is 12.1 Å². The second kappa shape index (κ2) is 9.42. The van der Waals surface area contributed by atoms with Gasteiger partial charge in [0.05, 0.1) is 12.1 Å². The third kappa shape index (κ3) is 6.75. The number of rotatable bonds is 7. The zero-order valence-electron chi connectivity index (χ0n) is 15.5. The van der Waals surface area contributed by atoms with Crippen LogP contribution in [-0.4, -0.2) is 11.2 Å². The predicted molar refractivity (Wildman–Crippen MR) is 110 cm³/mol. The Morgan fingerprint density at radius 1 is 0.960 bits per heavy atom. The van der Waals surface area contributed by atoms with Crippen LogP contribution in [0.25, 0.3) is 0 Å². The highest BCUT2D eigenvalue weighted by Crippen LogP contribution is 2.22. The molecule has 0 aromatic heterocycles. The van der Waals surface area contributed by atoms with Crippen LogP contribution in [0, 0.1) is 5.92 Å². The molecule has 0 saturated heterocycles. The Labute approximate surface area is 156 Å². The molecule has 2 aromatic carbocycles. The van der Waals surface area contributed by atoms with Gasteiger partial charge in [0.25, 0.3) is 0 Å². The quantitative estimate of drug-likeness (QED) is 0.638. The minimum Gasteiger partial charge on any atom is -0.491 e. The lowest BCUT2D eigenvalue weighted by Crippen LogP contribution is -2.33. The summed E-state index contributed by atoms with van der Waals surface area (Å²) in [6.07, 6.45) is 1.19. The zero-order chi connectivity index (χ0) is 18.2. The van der Waals surface area contributed by atoms with Crippen LogP contribution in [0.4, 0.5) is 5.69 Å². The third-order valence-electron chi connectivity index (χ3n) is 3.70. The van der Waals surface area contributed by atoms with Crippen molar-refractivity contribution in [1.29, 1.82) is 0 Å². The number of hydrogen-bond acceptors (Lipinski definition) is 2. The first-order chi connectivity index (χ1) is 11.9. The third-order valence-corrected chi connectivity index (χ3v) is 3.92. The monoisotopic (exact) mass is 356 g/mol. The fourth-order valence-electron chi connectivity index (χ4n) is 2.65. The molecule has 0 radical (unpaired) electrons. The molecule has 25 heavy (non-hydrogen) atoms. The molecule has 4 heteroatoms. The van der Waals surface area contributed by atoms with Gasteiger partial charge in [-0.25, -0.2) is 0 Å². The van der Waals surface area contributed by atoms with E-state index in [9.17, 15) is 0 Å². The molecular weight excluding hydrogens is 328 g/mol. The molecule has 0 aliphatic heterocycles. The number of nitrogens with one attached hydrogen (secondary N) is 2. The SMILES string of the molecule is CC(C)C[C@@H](NC(=S)Nc1ccc(OC(C)C)cc1)c1ccccc1. The highest BCUT2D eigenvalue weighted by atomic mass is 32.1. The van der Waals surface area contributed by atoms with Crippen molar-refractivity contribution in [1.82, 2.24) is 5.32 Å². The molecule has 2 aromatic rings. The van der Waals surface area contributed by atoms with E-state index in [0.29, 0.717) is 11.0 Å².